The summed E-state index contributed by atoms with van der Waals surface area (Å²) in [5.74, 6) is 1.33. The van der Waals surface area contributed by atoms with Crippen molar-refractivity contribution in [3.8, 4) is 6.01 Å². The molecule has 1 saturated heterocycles. The van der Waals surface area contributed by atoms with Crippen LogP contribution < -0.4 is 15.0 Å². The number of aromatic nitrogens is 3. The molecular weight excluding hydrogens is 254 g/mol. The van der Waals surface area contributed by atoms with Gasteiger partial charge in [0.1, 0.15) is 0 Å². The first-order valence-electron chi connectivity index (χ1n) is 7.60. The zero-order chi connectivity index (χ0) is 14.5. The first kappa shape index (κ1) is 14.8. The highest BCUT2D eigenvalue weighted by atomic mass is 16.5. The first-order chi connectivity index (χ1) is 9.69. The minimum atomic E-state index is 0.405. The lowest BCUT2D eigenvalue weighted by Crippen LogP contribution is -2.35. The molecule has 1 aromatic rings. The van der Waals surface area contributed by atoms with Crippen LogP contribution in [-0.2, 0) is 0 Å². The Balaban J connectivity index is 2.33. The van der Waals surface area contributed by atoms with E-state index in [4.69, 9.17) is 4.74 Å². The van der Waals surface area contributed by atoms with E-state index in [1.807, 2.05) is 13.8 Å². The van der Waals surface area contributed by atoms with Crippen molar-refractivity contribution in [1.82, 2.24) is 15.0 Å². The van der Waals surface area contributed by atoms with Crippen LogP contribution in [0.2, 0.25) is 0 Å². The van der Waals surface area contributed by atoms with Crippen molar-refractivity contribution in [2.24, 2.45) is 0 Å². The van der Waals surface area contributed by atoms with Crippen molar-refractivity contribution in [2.75, 3.05) is 23.4 Å². The molecule has 2 atom stereocenters. The topological polar surface area (TPSA) is 63.2 Å². The van der Waals surface area contributed by atoms with Gasteiger partial charge < -0.3 is 15.0 Å². The van der Waals surface area contributed by atoms with Crippen LogP contribution in [0.1, 0.15) is 47.0 Å². The molecule has 0 spiro atoms. The van der Waals surface area contributed by atoms with Gasteiger partial charge in [0.25, 0.3) is 0 Å². The summed E-state index contributed by atoms with van der Waals surface area (Å²) in [7, 11) is 0. The van der Waals surface area contributed by atoms with Gasteiger partial charge in [-0.05, 0) is 40.0 Å². The van der Waals surface area contributed by atoms with Gasteiger partial charge in [-0.1, -0.05) is 6.92 Å². The van der Waals surface area contributed by atoms with E-state index in [1.165, 1.54) is 12.8 Å². The van der Waals surface area contributed by atoms with Crippen molar-refractivity contribution in [2.45, 2.75) is 59.0 Å². The number of ether oxygens (including phenoxy) is 1. The van der Waals surface area contributed by atoms with E-state index in [-0.39, 0.29) is 0 Å². The summed E-state index contributed by atoms with van der Waals surface area (Å²) in [6.45, 7) is 9.74. The van der Waals surface area contributed by atoms with Crippen LogP contribution in [0.4, 0.5) is 11.9 Å². The van der Waals surface area contributed by atoms with E-state index in [0.29, 0.717) is 30.6 Å². The van der Waals surface area contributed by atoms with Crippen molar-refractivity contribution >= 4 is 11.9 Å². The second-order valence-electron chi connectivity index (χ2n) is 5.10. The standard InChI is InChI=1S/C14H25N5O/c1-5-11-9-8-10(4)19(11)13-16-12(15-6-2)17-14(18-13)20-7-3/h10-11H,5-9H2,1-4H3,(H,15,16,17,18). The molecule has 6 nitrogen and oxygen atoms in total. The van der Waals surface area contributed by atoms with Gasteiger partial charge in [0, 0.05) is 18.6 Å². The van der Waals surface area contributed by atoms with Crippen LogP contribution >= 0.6 is 0 Å². The molecule has 2 rings (SSSR count). The highest BCUT2D eigenvalue weighted by Crippen LogP contribution is 2.30. The fraction of sp³-hybridized carbons (Fsp3) is 0.786. The first-order valence-corrected chi connectivity index (χ1v) is 7.60. The van der Waals surface area contributed by atoms with Gasteiger partial charge in [-0.25, -0.2) is 0 Å². The molecule has 0 bridgehead atoms. The van der Waals surface area contributed by atoms with Crippen molar-refractivity contribution < 1.29 is 4.74 Å². The third kappa shape index (κ3) is 3.11. The second-order valence-corrected chi connectivity index (χ2v) is 5.10. The molecule has 1 fully saturated rings. The van der Waals surface area contributed by atoms with Gasteiger partial charge >= 0.3 is 6.01 Å². The Morgan fingerprint density at radius 3 is 2.65 bits per heavy atom. The Kier molecular flexibility index (Phi) is 4.98. The highest BCUT2D eigenvalue weighted by Gasteiger charge is 2.32. The van der Waals surface area contributed by atoms with Gasteiger partial charge in [-0.15, -0.1) is 0 Å². The summed E-state index contributed by atoms with van der Waals surface area (Å²) in [5, 5.41) is 3.15. The van der Waals surface area contributed by atoms with Crippen LogP contribution in [0.15, 0.2) is 0 Å². The minimum Gasteiger partial charge on any atom is -0.464 e. The average Bonchev–Trinajstić information content (AvgIpc) is 2.80. The second kappa shape index (κ2) is 6.72. The van der Waals surface area contributed by atoms with Crippen LogP contribution in [0.5, 0.6) is 6.01 Å². The third-order valence-corrected chi connectivity index (χ3v) is 3.70. The van der Waals surface area contributed by atoms with E-state index in [9.17, 15) is 0 Å². The molecule has 6 heteroatoms. The molecule has 1 N–H and O–H groups in total. The van der Waals surface area contributed by atoms with E-state index in [0.717, 1.165) is 18.9 Å². The van der Waals surface area contributed by atoms with Gasteiger partial charge in [-0.3, -0.25) is 0 Å². The summed E-state index contributed by atoms with van der Waals surface area (Å²) in [6.07, 6.45) is 3.49. The molecule has 0 radical (unpaired) electrons. The minimum absolute atomic E-state index is 0.405. The maximum Gasteiger partial charge on any atom is 0.323 e. The average molecular weight is 279 g/mol. The lowest BCUT2D eigenvalue weighted by Gasteiger charge is -2.28. The van der Waals surface area contributed by atoms with Gasteiger partial charge in [-0.2, -0.15) is 15.0 Å². The molecule has 1 aliphatic heterocycles. The molecule has 20 heavy (non-hydrogen) atoms. The van der Waals surface area contributed by atoms with Crippen molar-refractivity contribution in [1.29, 1.82) is 0 Å². The van der Waals surface area contributed by atoms with Crippen molar-refractivity contribution in [3.63, 3.8) is 0 Å². The molecular formula is C14H25N5O. The summed E-state index contributed by atoms with van der Waals surface area (Å²) < 4.78 is 5.47. The molecule has 0 aromatic carbocycles. The zero-order valence-electron chi connectivity index (χ0n) is 12.9. The molecule has 2 heterocycles. The number of hydrogen-bond acceptors (Lipinski definition) is 6. The molecule has 2 unspecified atom stereocenters. The van der Waals surface area contributed by atoms with Crippen LogP contribution in [0, 0.1) is 0 Å². The predicted molar refractivity (Wildman–Crippen MR) is 80.4 cm³/mol. The Bertz CT molecular complexity index is 415. The maximum atomic E-state index is 5.47. The Morgan fingerprint density at radius 2 is 2.00 bits per heavy atom. The summed E-state index contributed by atoms with van der Waals surface area (Å²) in [6, 6.07) is 1.38. The van der Waals surface area contributed by atoms with Crippen LogP contribution in [0.25, 0.3) is 0 Å². The molecule has 1 aliphatic rings. The van der Waals surface area contributed by atoms with Crippen LogP contribution in [-0.4, -0.2) is 40.2 Å². The third-order valence-electron chi connectivity index (χ3n) is 3.70. The zero-order valence-corrected chi connectivity index (χ0v) is 12.9. The number of nitrogens with zero attached hydrogens (tertiary/aromatic N) is 4. The van der Waals surface area contributed by atoms with E-state index >= 15 is 0 Å². The predicted octanol–water partition coefficient (Wildman–Crippen LogP) is 2.47. The maximum absolute atomic E-state index is 5.47. The Morgan fingerprint density at radius 1 is 1.20 bits per heavy atom. The summed E-state index contributed by atoms with van der Waals surface area (Å²) >= 11 is 0. The fourth-order valence-electron chi connectivity index (χ4n) is 2.73. The molecule has 0 aliphatic carbocycles. The fourth-order valence-corrected chi connectivity index (χ4v) is 2.73. The molecule has 0 amide bonds. The number of hydrogen-bond donors (Lipinski definition) is 1. The summed E-state index contributed by atoms with van der Waals surface area (Å²) in [4.78, 5) is 15.6. The number of rotatable bonds is 6. The molecule has 112 valence electrons. The van der Waals surface area contributed by atoms with Gasteiger partial charge in [0.05, 0.1) is 6.61 Å². The van der Waals surface area contributed by atoms with E-state index < -0.39 is 0 Å². The number of anilines is 2. The lowest BCUT2D eigenvalue weighted by atomic mass is 10.2. The Hall–Kier alpha value is -1.59. The SMILES string of the molecule is CCNc1nc(OCC)nc(N2C(C)CCC2CC)n1. The largest absolute Gasteiger partial charge is 0.464 e. The van der Waals surface area contributed by atoms with E-state index in [1.54, 1.807) is 0 Å². The normalized spacial score (nSPS) is 22.1. The van der Waals surface area contributed by atoms with Crippen LogP contribution in [0.3, 0.4) is 0 Å². The van der Waals surface area contributed by atoms with Gasteiger partial charge in [0.2, 0.25) is 11.9 Å². The summed E-state index contributed by atoms with van der Waals surface area (Å²) in [5.41, 5.74) is 0. The van der Waals surface area contributed by atoms with Gasteiger partial charge in [0.15, 0.2) is 0 Å². The van der Waals surface area contributed by atoms with Crippen molar-refractivity contribution in [3.05, 3.63) is 0 Å². The van der Waals surface area contributed by atoms with E-state index in [2.05, 4.69) is 39.0 Å². The monoisotopic (exact) mass is 279 g/mol. The molecule has 1 aromatic heterocycles. The number of nitrogens with one attached hydrogen (secondary N) is 1. The highest BCUT2D eigenvalue weighted by molar-refractivity contribution is 5.41. The quantitative estimate of drug-likeness (QED) is 0.863. The smallest absolute Gasteiger partial charge is 0.323 e. The Labute approximate surface area is 121 Å². The lowest BCUT2D eigenvalue weighted by molar-refractivity contribution is 0.311. The molecule has 0 saturated carbocycles.